The van der Waals surface area contributed by atoms with E-state index in [1.54, 1.807) is 6.08 Å². The Kier molecular flexibility index (Phi) is 3.41. The van der Waals surface area contributed by atoms with E-state index in [0.717, 1.165) is 0 Å². The number of hydrogen-bond acceptors (Lipinski definition) is 5. The van der Waals surface area contributed by atoms with Crippen LogP contribution in [0.1, 0.15) is 25.3 Å². The first-order valence-electron chi connectivity index (χ1n) is 5.56. The molecule has 1 aromatic carbocycles. The van der Waals surface area contributed by atoms with Crippen molar-refractivity contribution in [3.63, 3.8) is 0 Å². The highest BCUT2D eigenvalue weighted by atomic mass is 32.2. The summed E-state index contributed by atoms with van der Waals surface area (Å²) in [6.45, 7) is 1.88. The maximum absolute atomic E-state index is 12.2. The third-order valence-electron chi connectivity index (χ3n) is 2.64. The normalized spacial score (nSPS) is 16.8. The molecule has 1 aliphatic heterocycles. The van der Waals surface area contributed by atoms with Gasteiger partial charge in [-0.05, 0) is 30.2 Å². The van der Waals surface area contributed by atoms with Gasteiger partial charge in [-0.15, -0.1) is 0 Å². The fourth-order valence-corrected chi connectivity index (χ4v) is 4.02. The van der Waals surface area contributed by atoms with Crippen molar-refractivity contribution in [2.75, 3.05) is 0 Å². The van der Waals surface area contributed by atoms with Gasteiger partial charge in [0, 0.05) is 11.0 Å². The number of nitrogens with two attached hydrogens (primary N) is 1. The summed E-state index contributed by atoms with van der Waals surface area (Å²) >= 11 is 0. The molecule has 0 saturated heterocycles. The molecule has 1 aliphatic rings. The van der Waals surface area contributed by atoms with Crippen molar-refractivity contribution in [1.82, 2.24) is 0 Å². The van der Waals surface area contributed by atoms with Crippen LogP contribution in [0.5, 0.6) is 5.75 Å². The van der Waals surface area contributed by atoms with E-state index in [-0.39, 0.29) is 10.6 Å². The van der Waals surface area contributed by atoms with E-state index in [1.165, 1.54) is 18.2 Å². The average Bonchev–Trinajstić information content (AvgIpc) is 2.50. The lowest BCUT2D eigenvalue weighted by Gasteiger charge is -2.05. The van der Waals surface area contributed by atoms with E-state index in [1.807, 2.05) is 6.92 Å². The molecule has 2 N–H and O–H groups in total. The van der Waals surface area contributed by atoms with Crippen LogP contribution in [0, 0.1) is 0 Å². The second-order valence-electron chi connectivity index (χ2n) is 4.14. The summed E-state index contributed by atoms with van der Waals surface area (Å²) in [5.74, 6) is -0.115. The van der Waals surface area contributed by atoms with Gasteiger partial charge in [-0.3, -0.25) is 0 Å². The van der Waals surface area contributed by atoms with Crippen LogP contribution in [0.15, 0.2) is 28.0 Å². The molecule has 0 amide bonds. The molecule has 2 rings (SSSR count). The van der Waals surface area contributed by atoms with Crippen molar-refractivity contribution in [2.24, 2.45) is 5.14 Å². The molecule has 0 aromatic heterocycles. The maximum atomic E-state index is 12.2. The molecule has 19 heavy (non-hydrogen) atoms. The lowest BCUT2D eigenvalue weighted by Crippen LogP contribution is -2.19. The van der Waals surface area contributed by atoms with Crippen molar-refractivity contribution in [1.29, 1.82) is 0 Å². The zero-order valence-corrected chi connectivity index (χ0v) is 11.8. The highest BCUT2D eigenvalue weighted by Gasteiger charge is 2.29. The van der Waals surface area contributed by atoms with Crippen molar-refractivity contribution >= 4 is 26.2 Å². The van der Waals surface area contributed by atoms with Crippen LogP contribution < -0.4 is 9.32 Å². The standard InChI is InChI=1S/C11H13NO5S2/c1-2-3-10-6-8-4-5-9(17-19(12,15)16)7-11(8)18(10,13)14/h4-7H,2-3H2,1H3,(H2,12,15,16). The highest BCUT2D eigenvalue weighted by molar-refractivity contribution is 7.95. The van der Waals surface area contributed by atoms with Gasteiger partial charge >= 0.3 is 10.3 Å². The first-order chi connectivity index (χ1) is 8.74. The van der Waals surface area contributed by atoms with Crippen molar-refractivity contribution in [3.8, 4) is 5.75 Å². The molecular formula is C11H13NO5S2. The van der Waals surface area contributed by atoms with Gasteiger partial charge in [-0.25, -0.2) is 8.42 Å². The van der Waals surface area contributed by atoms with Gasteiger partial charge in [0.1, 0.15) is 5.75 Å². The van der Waals surface area contributed by atoms with E-state index in [0.29, 0.717) is 23.3 Å². The minimum Gasteiger partial charge on any atom is -0.371 e. The third kappa shape index (κ3) is 2.80. The Hall–Kier alpha value is -1.38. The van der Waals surface area contributed by atoms with Gasteiger partial charge in [0.05, 0.1) is 4.90 Å². The third-order valence-corrected chi connectivity index (χ3v) is 5.01. The zero-order valence-electron chi connectivity index (χ0n) is 10.2. The van der Waals surface area contributed by atoms with Crippen LogP contribution in [-0.4, -0.2) is 16.8 Å². The second kappa shape index (κ2) is 4.62. The smallest absolute Gasteiger partial charge is 0.371 e. The molecule has 0 radical (unpaired) electrons. The van der Waals surface area contributed by atoms with Crippen LogP contribution in [0.3, 0.4) is 0 Å². The van der Waals surface area contributed by atoms with E-state index >= 15 is 0 Å². The van der Waals surface area contributed by atoms with Crippen LogP contribution >= 0.6 is 0 Å². The average molecular weight is 303 g/mol. The summed E-state index contributed by atoms with van der Waals surface area (Å²) in [5, 5.41) is 4.74. The summed E-state index contributed by atoms with van der Waals surface area (Å²) in [6.07, 6.45) is 2.75. The second-order valence-corrected chi connectivity index (χ2v) is 7.26. The zero-order chi connectivity index (χ0) is 14.3. The van der Waals surface area contributed by atoms with E-state index < -0.39 is 20.1 Å². The molecule has 0 saturated carbocycles. The van der Waals surface area contributed by atoms with Gasteiger partial charge < -0.3 is 4.18 Å². The number of benzene rings is 1. The number of rotatable bonds is 4. The van der Waals surface area contributed by atoms with Crippen LogP contribution in [0.25, 0.3) is 6.08 Å². The van der Waals surface area contributed by atoms with Crippen molar-refractivity contribution < 1.29 is 21.0 Å². The number of hydrogen-bond donors (Lipinski definition) is 1. The van der Waals surface area contributed by atoms with E-state index in [4.69, 9.17) is 5.14 Å². The lowest BCUT2D eigenvalue weighted by molar-refractivity contribution is 0.486. The van der Waals surface area contributed by atoms with Gasteiger partial charge in [0.25, 0.3) is 0 Å². The highest BCUT2D eigenvalue weighted by Crippen LogP contribution is 2.37. The monoisotopic (exact) mass is 303 g/mol. The van der Waals surface area contributed by atoms with Crippen LogP contribution in [0.4, 0.5) is 0 Å². The molecule has 1 heterocycles. The summed E-state index contributed by atoms with van der Waals surface area (Å²) in [6, 6.07) is 4.04. The molecule has 6 nitrogen and oxygen atoms in total. The molecule has 0 atom stereocenters. The molecule has 0 fully saturated rings. The molecule has 104 valence electrons. The summed E-state index contributed by atoms with van der Waals surface area (Å²) in [7, 11) is -7.71. The largest absolute Gasteiger partial charge is 0.380 e. The van der Waals surface area contributed by atoms with E-state index in [2.05, 4.69) is 4.18 Å². The number of allylic oxidation sites excluding steroid dienone is 1. The van der Waals surface area contributed by atoms with Gasteiger partial charge in [0.2, 0.25) is 9.84 Å². The first kappa shape index (κ1) is 14.0. The first-order valence-corrected chi connectivity index (χ1v) is 8.51. The SMILES string of the molecule is CCCC1=Cc2ccc(OS(N)(=O)=O)cc2S1(=O)=O. The summed E-state index contributed by atoms with van der Waals surface area (Å²) < 4.78 is 50.5. The van der Waals surface area contributed by atoms with E-state index in [9.17, 15) is 16.8 Å². The Labute approximate surface area is 112 Å². The minimum absolute atomic E-state index is 0.0529. The quantitative estimate of drug-likeness (QED) is 0.900. The molecular weight excluding hydrogens is 290 g/mol. The minimum atomic E-state index is -4.17. The lowest BCUT2D eigenvalue weighted by atomic mass is 10.2. The van der Waals surface area contributed by atoms with Crippen LogP contribution in [0.2, 0.25) is 0 Å². The van der Waals surface area contributed by atoms with Gasteiger partial charge in [-0.1, -0.05) is 13.3 Å². The fourth-order valence-electron chi connectivity index (χ4n) is 1.90. The molecule has 0 bridgehead atoms. The fraction of sp³-hybridized carbons (Fsp3) is 0.273. The predicted molar refractivity (Wildman–Crippen MR) is 70.2 cm³/mol. The molecule has 0 aliphatic carbocycles. The summed E-state index contributed by atoms with van der Waals surface area (Å²) in [5.41, 5.74) is 0.533. The van der Waals surface area contributed by atoms with Gasteiger partial charge in [-0.2, -0.15) is 13.6 Å². The molecule has 8 heteroatoms. The van der Waals surface area contributed by atoms with Crippen molar-refractivity contribution in [3.05, 3.63) is 28.7 Å². The number of sulfone groups is 1. The summed E-state index contributed by atoms with van der Waals surface area (Å²) in [4.78, 5) is 0.384. The predicted octanol–water partition coefficient (Wildman–Crippen LogP) is 1.20. The Morgan fingerprint density at radius 2 is 2.00 bits per heavy atom. The number of fused-ring (bicyclic) bond motifs is 1. The Morgan fingerprint density at radius 3 is 2.58 bits per heavy atom. The maximum Gasteiger partial charge on any atom is 0.380 e. The molecule has 0 spiro atoms. The van der Waals surface area contributed by atoms with Crippen molar-refractivity contribution in [2.45, 2.75) is 24.7 Å². The Balaban J connectivity index is 2.46. The Bertz CT molecular complexity index is 747. The molecule has 1 aromatic rings. The van der Waals surface area contributed by atoms with Crippen LogP contribution in [-0.2, 0) is 20.1 Å². The molecule has 0 unspecified atom stereocenters. The van der Waals surface area contributed by atoms with Gasteiger partial charge in [0.15, 0.2) is 0 Å². The topological polar surface area (TPSA) is 104 Å². The Morgan fingerprint density at radius 1 is 1.32 bits per heavy atom.